The summed E-state index contributed by atoms with van der Waals surface area (Å²) in [6.07, 6.45) is 2.39. The lowest BCUT2D eigenvalue weighted by atomic mass is 10.0. The average molecular weight is 301 g/mol. The Morgan fingerprint density at radius 3 is 2.86 bits per heavy atom. The fourth-order valence-corrected chi connectivity index (χ4v) is 3.15. The molecule has 3 rings (SSSR count). The minimum Gasteiger partial charge on any atom is -0.480 e. The summed E-state index contributed by atoms with van der Waals surface area (Å²) in [6.45, 7) is 0.514. The zero-order valence-corrected chi connectivity index (χ0v) is 12.5. The number of aromatic nitrogens is 2. The standard InChI is InChI=1S/C16H19N3O3/c1-18-13-7-3-2-6-11(13)12(17-18)10-15(20)19-9-5-4-8-14(19)16(21)22/h2-3,6-7,14H,4-5,8-10H2,1H3,(H,21,22). The first-order valence-corrected chi connectivity index (χ1v) is 7.51. The van der Waals surface area contributed by atoms with E-state index in [9.17, 15) is 14.7 Å². The highest BCUT2D eigenvalue weighted by Gasteiger charge is 2.32. The molecule has 1 N–H and O–H groups in total. The van der Waals surface area contributed by atoms with Crippen LogP contribution < -0.4 is 0 Å². The number of carbonyl (C=O) groups excluding carboxylic acids is 1. The Morgan fingerprint density at radius 1 is 1.32 bits per heavy atom. The third-order valence-electron chi connectivity index (χ3n) is 4.26. The van der Waals surface area contributed by atoms with Gasteiger partial charge in [-0.25, -0.2) is 4.79 Å². The number of hydrogen-bond acceptors (Lipinski definition) is 3. The number of likely N-dealkylation sites (tertiary alicyclic amines) is 1. The molecule has 2 heterocycles. The molecular formula is C16H19N3O3. The first-order chi connectivity index (χ1) is 10.6. The Bertz CT molecular complexity index is 722. The van der Waals surface area contributed by atoms with Crippen molar-refractivity contribution in [2.75, 3.05) is 6.54 Å². The number of rotatable bonds is 3. The monoisotopic (exact) mass is 301 g/mol. The van der Waals surface area contributed by atoms with Crippen molar-refractivity contribution in [3.05, 3.63) is 30.0 Å². The van der Waals surface area contributed by atoms with Crippen molar-refractivity contribution in [3.8, 4) is 0 Å². The van der Waals surface area contributed by atoms with E-state index in [-0.39, 0.29) is 12.3 Å². The molecule has 2 aromatic rings. The number of carbonyl (C=O) groups is 2. The van der Waals surface area contributed by atoms with Crippen molar-refractivity contribution in [2.45, 2.75) is 31.7 Å². The normalized spacial score (nSPS) is 18.6. The largest absolute Gasteiger partial charge is 0.480 e. The molecule has 6 heteroatoms. The van der Waals surface area contributed by atoms with Crippen molar-refractivity contribution >= 4 is 22.8 Å². The van der Waals surface area contributed by atoms with Crippen molar-refractivity contribution in [1.82, 2.24) is 14.7 Å². The van der Waals surface area contributed by atoms with Crippen LogP contribution in [-0.2, 0) is 23.1 Å². The molecule has 1 atom stereocenters. The number of aliphatic carboxylic acids is 1. The smallest absolute Gasteiger partial charge is 0.326 e. The van der Waals surface area contributed by atoms with Gasteiger partial charge in [0.05, 0.1) is 17.6 Å². The highest BCUT2D eigenvalue weighted by Crippen LogP contribution is 2.21. The molecule has 1 aromatic heterocycles. The third kappa shape index (κ3) is 2.56. The Hall–Kier alpha value is -2.37. The second kappa shape index (κ2) is 5.79. The molecule has 0 aliphatic carbocycles. The molecule has 0 spiro atoms. The lowest BCUT2D eigenvalue weighted by Gasteiger charge is -2.32. The van der Waals surface area contributed by atoms with Crippen LogP contribution in [0.1, 0.15) is 25.0 Å². The van der Waals surface area contributed by atoms with Gasteiger partial charge in [0.15, 0.2) is 0 Å². The van der Waals surface area contributed by atoms with Gasteiger partial charge in [-0.05, 0) is 25.3 Å². The number of hydrogen-bond donors (Lipinski definition) is 1. The van der Waals surface area contributed by atoms with Crippen LogP contribution in [0.4, 0.5) is 0 Å². The van der Waals surface area contributed by atoms with E-state index < -0.39 is 12.0 Å². The van der Waals surface area contributed by atoms with Gasteiger partial charge in [0.25, 0.3) is 0 Å². The molecule has 0 bridgehead atoms. The summed E-state index contributed by atoms with van der Waals surface area (Å²) in [5, 5.41) is 14.6. The zero-order valence-electron chi connectivity index (χ0n) is 12.5. The molecule has 1 aromatic carbocycles. The molecule has 1 amide bonds. The van der Waals surface area contributed by atoms with Crippen LogP contribution in [-0.4, -0.2) is 44.3 Å². The Morgan fingerprint density at radius 2 is 2.09 bits per heavy atom. The first-order valence-electron chi connectivity index (χ1n) is 7.51. The predicted octanol–water partition coefficient (Wildman–Crippen LogP) is 1.58. The lowest BCUT2D eigenvalue weighted by molar-refractivity contribution is -0.151. The molecule has 0 saturated carbocycles. The highest BCUT2D eigenvalue weighted by molar-refractivity contribution is 5.89. The van der Waals surface area contributed by atoms with E-state index in [2.05, 4.69) is 5.10 Å². The van der Waals surface area contributed by atoms with E-state index in [1.165, 1.54) is 4.90 Å². The summed E-state index contributed by atoms with van der Waals surface area (Å²) in [6, 6.07) is 7.04. The van der Waals surface area contributed by atoms with Gasteiger partial charge in [-0.15, -0.1) is 0 Å². The maximum absolute atomic E-state index is 12.5. The molecule has 1 aliphatic heterocycles. The lowest BCUT2D eigenvalue weighted by Crippen LogP contribution is -2.48. The molecule has 1 aliphatic rings. The second-order valence-corrected chi connectivity index (χ2v) is 5.70. The van der Waals surface area contributed by atoms with Crippen molar-refractivity contribution in [3.63, 3.8) is 0 Å². The number of benzene rings is 1. The summed E-state index contributed by atoms with van der Waals surface area (Å²) in [5.41, 5.74) is 1.68. The fourth-order valence-electron chi connectivity index (χ4n) is 3.15. The van der Waals surface area contributed by atoms with E-state index in [1.807, 2.05) is 31.3 Å². The van der Waals surface area contributed by atoms with Crippen LogP contribution in [0.25, 0.3) is 10.9 Å². The molecule has 6 nitrogen and oxygen atoms in total. The Kier molecular flexibility index (Phi) is 3.83. The average Bonchev–Trinajstić information content (AvgIpc) is 2.84. The van der Waals surface area contributed by atoms with Gasteiger partial charge in [0, 0.05) is 19.0 Å². The summed E-state index contributed by atoms with van der Waals surface area (Å²) in [4.78, 5) is 25.4. The van der Waals surface area contributed by atoms with E-state index in [0.29, 0.717) is 18.7 Å². The number of carboxylic acids is 1. The highest BCUT2D eigenvalue weighted by atomic mass is 16.4. The quantitative estimate of drug-likeness (QED) is 0.934. The number of fused-ring (bicyclic) bond motifs is 1. The second-order valence-electron chi connectivity index (χ2n) is 5.70. The van der Waals surface area contributed by atoms with Crippen LogP contribution in [0.15, 0.2) is 24.3 Å². The van der Waals surface area contributed by atoms with Gasteiger partial charge in [-0.1, -0.05) is 18.2 Å². The van der Waals surface area contributed by atoms with Gasteiger partial charge < -0.3 is 10.0 Å². The maximum Gasteiger partial charge on any atom is 0.326 e. The molecule has 116 valence electrons. The zero-order chi connectivity index (χ0) is 15.7. The minimum atomic E-state index is -0.918. The van der Waals surface area contributed by atoms with Gasteiger partial charge in [0.1, 0.15) is 6.04 Å². The number of amides is 1. The SMILES string of the molecule is Cn1nc(CC(=O)N2CCCCC2C(=O)O)c2ccccc21. The van der Waals surface area contributed by atoms with E-state index in [4.69, 9.17) is 0 Å². The molecular weight excluding hydrogens is 282 g/mol. The van der Waals surface area contributed by atoms with Gasteiger partial charge in [-0.2, -0.15) is 5.10 Å². The van der Waals surface area contributed by atoms with Crippen molar-refractivity contribution < 1.29 is 14.7 Å². The number of carboxylic acid groups (broad SMARTS) is 1. The molecule has 22 heavy (non-hydrogen) atoms. The van der Waals surface area contributed by atoms with E-state index in [0.717, 1.165) is 23.7 Å². The number of para-hydroxylation sites is 1. The molecule has 0 radical (unpaired) electrons. The van der Waals surface area contributed by atoms with Gasteiger partial charge >= 0.3 is 5.97 Å². The summed E-state index contributed by atoms with van der Waals surface area (Å²) < 4.78 is 1.75. The van der Waals surface area contributed by atoms with Crippen LogP contribution in [0.3, 0.4) is 0 Å². The van der Waals surface area contributed by atoms with Crippen LogP contribution in [0, 0.1) is 0 Å². The molecule has 1 fully saturated rings. The number of aryl methyl sites for hydroxylation is 1. The topological polar surface area (TPSA) is 75.4 Å². The summed E-state index contributed by atoms with van der Waals surface area (Å²) in [7, 11) is 1.84. The Balaban J connectivity index is 1.85. The number of nitrogens with zero attached hydrogens (tertiary/aromatic N) is 3. The van der Waals surface area contributed by atoms with Crippen LogP contribution >= 0.6 is 0 Å². The first kappa shape index (κ1) is 14.6. The predicted molar refractivity (Wildman–Crippen MR) is 81.4 cm³/mol. The third-order valence-corrected chi connectivity index (χ3v) is 4.26. The van der Waals surface area contributed by atoms with E-state index in [1.54, 1.807) is 4.68 Å². The van der Waals surface area contributed by atoms with E-state index >= 15 is 0 Å². The molecule has 1 unspecified atom stereocenters. The summed E-state index contributed by atoms with van der Waals surface area (Å²) >= 11 is 0. The fraction of sp³-hybridized carbons (Fsp3) is 0.438. The maximum atomic E-state index is 12.5. The molecule has 1 saturated heterocycles. The minimum absolute atomic E-state index is 0.144. The van der Waals surface area contributed by atoms with Gasteiger partial charge in [0.2, 0.25) is 5.91 Å². The summed E-state index contributed by atoms with van der Waals surface area (Å²) in [5.74, 6) is -1.07. The Labute approximate surface area is 128 Å². The number of piperidine rings is 1. The van der Waals surface area contributed by atoms with Crippen LogP contribution in [0.5, 0.6) is 0 Å². The van der Waals surface area contributed by atoms with Crippen molar-refractivity contribution in [2.24, 2.45) is 7.05 Å². The van der Waals surface area contributed by atoms with Gasteiger partial charge in [-0.3, -0.25) is 9.48 Å². The van der Waals surface area contributed by atoms with Crippen molar-refractivity contribution in [1.29, 1.82) is 0 Å². The van der Waals surface area contributed by atoms with Crippen LogP contribution in [0.2, 0.25) is 0 Å².